The lowest BCUT2D eigenvalue weighted by atomic mass is 9.97. The Morgan fingerprint density at radius 2 is 1.76 bits per heavy atom. The minimum atomic E-state index is -3.67. The molecule has 29 heavy (non-hydrogen) atoms. The zero-order chi connectivity index (χ0) is 21.4. The predicted octanol–water partition coefficient (Wildman–Crippen LogP) is 0.546. The minimum Gasteiger partial charge on any atom is -0.355 e. The molecule has 0 saturated carbocycles. The molecule has 0 unspecified atom stereocenters. The Bertz CT molecular complexity index is 895. The van der Waals surface area contributed by atoms with Crippen LogP contribution in [0.1, 0.15) is 36.5 Å². The fourth-order valence-corrected chi connectivity index (χ4v) is 4.52. The summed E-state index contributed by atoms with van der Waals surface area (Å²) in [5.74, 6) is 1.45. The number of Topliss-reactive ketones (excluding diaryl/α,β-unsaturated/α-hetero) is 1. The van der Waals surface area contributed by atoms with Crippen LogP contribution in [-0.4, -0.2) is 56.5 Å². The van der Waals surface area contributed by atoms with Crippen molar-refractivity contribution >= 4 is 27.6 Å². The number of ketones is 1. The third kappa shape index (κ3) is 6.14. The monoisotopic (exact) mass is 419 g/mol. The molecule has 0 radical (unpaired) electrons. The number of rotatable bonds is 8. The highest BCUT2D eigenvalue weighted by Gasteiger charge is 2.32. The molecule has 8 nitrogen and oxygen atoms in total. The third-order valence-corrected chi connectivity index (χ3v) is 6.68. The first-order valence-corrected chi connectivity index (χ1v) is 10.8. The van der Waals surface area contributed by atoms with Gasteiger partial charge in [-0.25, -0.2) is 8.42 Å². The Labute approximate surface area is 171 Å². The maximum absolute atomic E-state index is 12.8. The summed E-state index contributed by atoms with van der Waals surface area (Å²) in [5, 5.41) is 5.23. The highest BCUT2D eigenvalue weighted by molar-refractivity contribution is 7.89. The number of sulfonamides is 1. The van der Waals surface area contributed by atoms with Crippen molar-refractivity contribution in [2.24, 2.45) is 5.92 Å². The normalized spacial score (nSPS) is 15.3. The van der Waals surface area contributed by atoms with Crippen molar-refractivity contribution in [2.45, 2.75) is 31.1 Å². The van der Waals surface area contributed by atoms with Crippen molar-refractivity contribution in [3.63, 3.8) is 0 Å². The second kappa shape index (κ2) is 10.2. The zero-order valence-corrected chi connectivity index (χ0v) is 17.1. The summed E-state index contributed by atoms with van der Waals surface area (Å²) in [6, 6.07) is 5.84. The molecule has 1 aromatic rings. The molecule has 156 valence electrons. The van der Waals surface area contributed by atoms with Gasteiger partial charge in [-0.05, 0) is 31.9 Å². The quantitative estimate of drug-likeness (QED) is 0.472. The smallest absolute Gasteiger partial charge is 0.243 e. The zero-order valence-electron chi connectivity index (χ0n) is 16.3. The molecule has 1 heterocycles. The van der Waals surface area contributed by atoms with Crippen molar-refractivity contribution in [1.29, 1.82) is 0 Å². The van der Waals surface area contributed by atoms with Crippen LogP contribution in [0.25, 0.3) is 0 Å². The van der Waals surface area contributed by atoms with Crippen LogP contribution in [0, 0.1) is 18.3 Å². The molecular formula is C20H25N3O5S. The third-order valence-electron chi connectivity index (χ3n) is 4.76. The number of carbonyl (C=O) groups excluding carboxylic acids is 3. The molecule has 1 saturated heterocycles. The first-order valence-electron chi connectivity index (χ1n) is 9.34. The van der Waals surface area contributed by atoms with E-state index in [1.807, 2.05) is 0 Å². The molecule has 1 fully saturated rings. The Morgan fingerprint density at radius 3 is 2.31 bits per heavy atom. The number of piperidine rings is 1. The van der Waals surface area contributed by atoms with Crippen LogP contribution in [0.5, 0.6) is 0 Å². The average molecular weight is 420 g/mol. The topological polar surface area (TPSA) is 113 Å². The minimum absolute atomic E-state index is 0.128. The number of hydrogen-bond donors (Lipinski definition) is 2. The number of terminal acetylenes is 1. The van der Waals surface area contributed by atoms with E-state index in [2.05, 4.69) is 16.6 Å². The van der Waals surface area contributed by atoms with E-state index < -0.39 is 10.0 Å². The van der Waals surface area contributed by atoms with E-state index in [0.29, 0.717) is 18.4 Å². The van der Waals surface area contributed by atoms with E-state index in [4.69, 9.17) is 6.42 Å². The van der Waals surface area contributed by atoms with Gasteiger partial charge >= 0.3 is 0 Å². The Morgan fingerprint density at radius 1 is 1.14 bits per heavy atom. The van der Waals surface area contributed by atoms with Crippen LogP contribution >= 0.6 is 0 Å². The number of benzene rings is 1. The first-order chi connectivity index (χ1) is 13.8. The van der Waals surface area contributed by atoms with Gasteiger partial charge in [-0.3, -0.25) is 14.4 Å². The van der Waals surface area contributed by atoms with Gasteiger partial charge in [0.15, 0.2) is 5.78 Å². The fourth-order valence-electron chi connectivity index (χ4n) is 3.05. The summed E-state index contributed by atoms with van der Waals surface area (Å²) in [4.78, 5) is 35.2. The van der Waals surface area contributed by atoms with Gasteiger partial charge in [0.2, 0.25) is 21.8 Å². The van der Waals surface area contributed by atoms with Crippen molar-refractivity contribution in [1.82, 2.24) is 14.9 Å². The highest BCUT2D eigenvalue weighted by Crippen LogP contribution is 2.24. The lowest BCUT2D eigenvalue weighted by molar-refractivity contribution is -0.126. The number of amides is 2. The van der Waals surface area contributed by atoms with Gasteiger partial charge in [0.25, 0.3) is 0 Å². The molecule has 9 heteroatoms. The SMILES string of the molecule is C#CCNC(=O)CCNC(=O)C1CCN(S(=O)(=O)c2ccc(C(C)=O)cc2)CC1. The molecule has 0 bridgehead atoms. The Balaban J connectivity index is 1.84. The summed E-state index contributed by atoms with van der Waals surface area (Å²) in [6.07, 6.45) is 5.99. The Kier molecular flexibility index (Phi) is 7.93. The van der Waals surface area contributed by atoms with Crippen molar-refractivity contribution in [3.05, 3.63) is 29.8 Å². The van der Waals surface area contributed by atoms with Gasteiger partial charge in [-0.1, -0.05) is 18.1 Å². The maximum atomic E-state index is 12.8. The molecule has 0 spiro atoms. The first kappa shape index (κ1) is 22.6. The molecule has 2 rings (SSSR count). The largest absolute Gasteiger partial charge is 0.355 e. The van der Waals surface area contributed by atoms with Crippen LogP contribution in [0.4, 0.5) is 0 Å². The van der Waals surface area contributed by atoms with Gasteiger partial charge in [-0.2, -0.15) is 4.31 Å². The molecule has 2 N–H and O–H groups in total. The number of nitrogens with zero attached hydrogens (tertiary/aromatic N) is 1. The molecule has 0 aromatic heterocycles. The van der Waals surface area contributed by atoms with Crippen LogP contribution in [-0.2, 0) is 19.6 Å². The van der Waals surface area contributed by atoms with Crippen LogP contribution in [0.2, 0.25) is 0 Å². The Hall–Kier alpha value is -2.70. The van der Waals surface area contributed by atoms with Gasteiger partial charge in [0.1, 0.15) is 0 Å². The number of nitrogens with one attached hydrogen (secondary N) is 2. The number of hydrogen-bond acceptors (Lipinski definition) is 5. The van der Waals surface area contributed by atoms with E-state index >= 15 is 0 Å². The molecule has 0 aliphatic carbocycles. The summed E-state index contributed by atoms with van der Waals surface area (Å²) in [6.45, 7) is 2.24. The number of carbonyl (C=O) groups is 3. The van der Waals surface area contributed by atoms with Crippen LogP contribution in [0.15, 0.2) is 29.2 Å². The van der Waals surface area contributed by atoms with Crippen molar-refractivity contribution in [3.8, 4) is 12.3 Å². The molecule has 2 amide bonds. The van der Waals surface area contributed by atoms with E-state index in [1.54, 1.807) is 0 Å². The van der Waals surface area contributed by atoms with Crippen LogP contribution in [0.3, 0.4) is 0 Å². The molecule has 0 atom stereocenters. The fraction of sp³-hybridized carbons (Fsp3) is 0.450. The van der Waals surface area contributed by atoms with Gasteiger partial charge in [-0.15, -0.1) is 6.42 Å². The van der Waals surface area contributed by atoms with Crippen molar-refractivity contribution in [2.75, 3.05) is 26.2 Å². The lowest BCUT2D eigenvalue weighted by Crippen LogP contribution is -2.43. The summed E-state index contributed by atoms with van der Waals surface area (Å²) in [7, 11) is -3.67. The van der Waals surface area contributed by atoms with Crippen molar-refractivity contribution < 1.29 is 22.8 Å². The molecule has 1 aliphatic heterocycles. The average Bonchev–Trinajstić information content (AvgIpc) is 2.72. The molecular weight excluding hydrogens is 394 g/mol. The lowest BCUT2D eigenvalue weighted by Gasteiger charge is -2.30. The van der Waals surface area contributed by atoms with Gasteiger partial charge in [0.05, 0.1) is 11.4 Å². The summed E-state index contributed by atoms with van der Waals surface area (Å²) < 4.78 is 26.9. The van der Waals surface area contributed by atoms with E-state index in [1.165, 1.54) is 35.5 Å². The standard InChI is InChI=1S/C20H25N3O5S/c1-3-11-21-19(25)8-12-22-20(26)17-9-13-23(14-10-17)29(27,28)18-6-4-16(5-7-18)15(2)24/h1,4-7,17H,8-14H2,2H3,(H,21,25)(H,22,26). The van der Waals surface area contributed by atoms with Crippen LogP contribution < -0.4 is 10.6 Å². The second-order valence-corrected chi connectivity index (χ2v) is 8.72. The van der Waals surface area contributed by atoms with E-state index in [-0.39, 0.29) is 61.0 Å². The highest BCUT2D eigenvalue weighted by atomic mass is 32.2. The maximum Gasteiger partial charge on any atom is 0.243 e. The van der Waals surface area contributed by atoms with Gasteiger partial charge in [0, 0.05) is 37.5 Å². The second-order valence-electron chi connectivity index (χ2n) is 6.78. The van der Waals surface area contributed by atoms with E-state index in [9.17, 15) is 22.8 Å². The van der Waals surface area contributed by atoms with E-state index in [0.717, 1.165) is 0 Å². The summed E-state index contributed by atoms with van der Waals surface area (Å²) in [5.41, 5.74) is 0.451. The molecule has 1 aliphatic rings. The molecule has 1 aromatic carbocycles. The summed E-state index contributed by atoms with van der Waals surface area (Å²) >= 11 is 0. The predicted molar refractivity (Wildman–Crippen MR) is 107 cm³/mol. The van der Waals surface area contributed by atoms with Gasteiger partial charge < -0.3 is 10.6 Å².